The second-order valence-electron chi connectivity index (χ2n) is 10.7. The quantitative estimate of drug-likeness (QED) is 0.281. The topological polar surface area (TPSA) is 148 Å². The molecule has 5 rings (SSSR count). The molecule has 0 saturated heterocycles. The smallest absolute Gasteiger partial charge is 0.269 e. The van der Waals surface area contributed by atoms with Crippen LogP contribution in [-0.2, 0) is 4.79 Å². The number of hydrogen-bond acceptors (Lipinski definition) is 6. The molecule has 2 aliphatic rings. The second kappa shape index (κ2) is 12.3. The summed E-state index contributed by atoms with van der Waals surface area (Å²) in [5.41, 5.74) is 7.88. The van der Waals surface area contributed by atoms with Crippen molar-refractivity contribution in [2.75, 3.05) is 23.3 Å². The monoisotopic (exact) mass is 555 g/mol. The summed E-state index contributed by atoms with van der Waals surface area (Å²) in [7, 11) is 0. The predicted molar refractivity (Wildman–Crippen MR) is 156 cm³/mol. The first-order valence-corrected chi connectivity index (χ1v) is 13.9. The molecule has 212 valence electrons. The zero-order valence-corrected chi connectivity index (χ0v) is 22.6. The Labute approximate surface area is 238 Å². The van der Waals surface area contributed by atoms with Crippen LogP contribution in [0.2, 0.25) is 0 Å². The molecule has 4 N–H and O–H groups in total. The number of carbonyl (C=O) groups excluding carboxylic acids is 3. The molecule has 3 aromatic rings. The summed E-state index contributed by atoms with van der Waals surface area (Å²) in [6.07, 6.45) is 4.27. The molecule has 0 aromatic heterocycles. The van der Waals surface area contributed by atoms with Crippen LogP contribution in [0.15, 0.2) is 72.8 Å². The summed E-state index contributed by atoms with van der Waals surface area (Å²) in [4.78, 5) is 52.3. The fourth-order valence-electron chi connectivity index (χ4n) is 5.82. The van der Waals surface area contributed by atoms with Crippen molar-refractivity contribution in [3.05, 3.63) is 99.6 Å². The zero-order valence-electron chi connectivity index (χ0n) is 22.6. The van der Waals surface area contributed by atoms with Crippen molar-refractivity contribution in [2.45, 2.75) is 38.1 Å². The Morgan fingerprint density at radius 3 is 2.41 bits per heavy atom. The summed E-state index contributed by atoms with van der Waals surface area (Å²) < 4.78 is 0. The van der Waals surface area contributed by atoms with Gasteiger partial charge in [0.1, 0.15) is 0 Å². The third-order valence-corrected chi connectivity index (χ3v) is 7.99. The number of carbonyl (C=O) groups is 3. The van der Waals surface area contributed by atoms with Crippen molar-refractivity contribution in [1.82, 2.24) is 5.32 Å². The van der Waals surface area contributed by atoms with Crippen LogP contribution in [0, 0.1) is 22.0 Å². The van der Waals surface area contributed by atoms with Crippen molar-refractivity contribution in [1.29, 1.82) is 0 Å². The first-order valence-electron chi connectivity index (χ1n) is 13.9. The average Bonchev–Trinajstić information content (AvgIpc) is 3.15. The molecule has 10 nitrogen and oxygen atoms in total. The highest BCUT2D eigenvalue weighted by molar-refractivity contribution is 6.12. The second-order valence-corrected chi connectivity index (χ2v) is 10.7. The molecule has 3 atom stereocenters. The average molecular weight is 556 g/mol. The highest BCUT2D eigenvalue weighted by Crippen LogP contribution is 2.40. The van der Waals surface area contributed by atoms with Crippen molar-refractivity contribution in [3.63, 3.8) is 0 Å². The van der Waals surface area contributed by atoms with Crippen LogP contribution in [0.1, 0.15) is 64.4 Å². The molecule has 0 bridgehead atoms. The largest absolute Gasteiger partial charge is 0.352 e. The molecule has 1 aliphatic heterocycles. The number of anilines is 2. The number of rotatable bonds is 7. The maximum atomic E-state index is 14.0. The van der Waals surface area contributed by atoms with E-state index in [1.54, 1.807) is 18.2 Å². The summed E-state index contributed by atoms with van der Waals surface area (Å²) in [6, 6.07) is 18.9. The van der Waals surface area contributed by atoms with Gasteiger partial charge in [-0.3, -0.25) is 29.4 Å². The van der Waals surface area contributed by atoms with E-state index in [1.807, 2.05) is 30.3 Å². The van der Waals surface area contributed by atoms with Crippen LogP contribution in [0.25, 0.3) is 0 Å². The highest BCUT2D eigenvalue weighted by atomic mass is 16.6. The molecule has 1 fully saturated rings. The minimum Gasteiger partial charge on any atom is -0.352 e. The number of nitrogens with zero attached hydrogens (tertiary/aromatic N) is 2. The SMILES string of the molecule is NCC1CCCC(CNC(=O)c2ccc3c(c2)NC(=O)CC(c2ccccc2)N3C(=O)c2ccc([N+](=O)[O-])cc2)C1. The summed E-state index contributed by atoms with van der Waals surface area (Å²) in [6.45, 7) is 1.22. The zero-order chi connectivity index (χ0) is 28.9. The van der Waals surface area contributed by atoms with Gasteiger partial charge in [-0.25, -0.2) is 0 Å². The maximum Gasteiger partial charge on any atom is 0.269 e. The lowest BCUT2D eigenvalue weighted by Gasteiger charge is -2.31. The van der Waals surface area contributed by atoms with Gasteiger partial charge in [0.2, 0.25) is 5.91 Å². The molecular weight excluding hydrogens is 522 g/mol. The van der Waals surface area contributed by atoms with E-state index in [0.29, 0.717) is 41.9 Å². The van der Waals surface area contributed by atoms with E-state index in [2.05, 4.69) is 10.6 Å². The van der Waals surface area contributed by atoms with Gasteiger partial charge in [-0.05, 0) is 73.5 Å². The molecular formula is C31H33N5O5. The third-order valence-electron chi connectivity index (χ3n) is 7.99. The third kappa shape index (κ3) is 6.28. The fourth-order valence-corrected chi connectivity index (χ4v) is 5.82. The lowest BCUT2D eigenvalue weighted by Crippen LogP contribution is -2.35. The minimum absolute atomic E-state index is 0.0110. The van der Waals surface area contributed by atoms with Gasteiger partial charge in [0.05, 0.1) is 28.8 Å². The Morgan fingerprint density at radius 1 is 1.00 bits per heavy atom. The molecule has 0 spiro atoms. The van der Waals surface area contributed by atoms with E-state index in [-0.39, 0.29) is 29.5 Å². The van der Waals surface area contributed by atoms with Crippen molar-refractivity contribution < 1.29 is 19.3 Å². The number of amides is 3. The van der Waals surface area contributed by atoms with Gasteiger partial charge in [-0.15, -0.1) is 0 Å². The van der Waals surface area contributed by atoms with E-state index < -0.39 is 16.9 Å². The molecule has 41 heavy (non-hydrogen) atoms. The van der Waals surface area contributed by atoms with Crippen LogP contribution < -0.4 is 21.3 Å². The van der Waals surface area contributed by atoms with E-state index in [1.165, 1.54) is 29.2 Å². The number of benzene rings is 3. The molecule has 10 heteroatoms. The molecule has 1 heterocycles. The van der Waals surface area contributed by atoms with Crippen LogP contribution >= 0.6 is 0 Å². The minimum atomic E-state index is -0.637. The lowest BCUT2D eigenvalue weighted by atomic mass is 9.81. The molecule has 1 saturated carbocycles. The fraction of sp³-hybridized carbons (Fsp3) is 0.323. The molecule has 3 aromatic carbocycles. The summed E-state index contributed by atoms with van der Waals surface area (Å²) >= 11 is 0. The molecule has 0 radical (unpaired) electrons. The predicted octanol–water partition coefficient (Wildman–Crippen LogP) is 4.82. The first-order chi connectivity index (χ1) is 19.8. The Bertz CT molecular complexity index is 1440. The van der Waals surface area contributed by atoms with E-state index in [9.17, 15) is 24.5 Å². The van der Waals surface area contributed by atoms with Crippen LogP contribution in [0.5, 0.6) is 0 Å². The van der Waals surface area contributed by atoms with Crippen LogP contribution in [0.3, 0.4) is 0 Å². The Morgan fingerprint density at radius 2 is 1.71 bits per heavy atom. The number of nitro groups is 1. The van der Waals surface area contributed by atoms with E-state index in [0.717, 1.165) is 31.2 Å². The summed E-state index contributed by atoms with van der Waals surface area (Å²) in [5.74, 6) is -0.107. The van der Waals surface area contributed by atoms with E-state index in [4.69, 9.17) is 5.73 Å². The van der Waals surface area contributed by atoms with Gasteiger partial charge in [0, 0.05) is 29.8 Å². The Kier molecular flexibility index (Phi) is 8.39. The lowest BCUT2D eigenvalue weighted by molar-refractivity contribution is -0.384. The molecule has 3 unspecified atom stereocenters. The number of fused-ring (bicyclic) bond motifs is 1. The highest BCUT2D eigenvalue weighted by Gasteiger charge is 2.34. The normalized spacial score (nSPS) is 20.4. The number of nitro benzene ring substituents is 1. The van der Waals surface area contributed by atoms with Gasteiger partial charge in [0.15, 0.2) is 0 Å². The van der Waals surface area contributed by atoms with Crippen LogP contribution in [0.4, 0.5) is 17.1 Å². The van der Waals surface area contributed by atoms with Gasteiger partial charge in [-0.2, -0.15) is 0 Å². The molecule has 1 aliphatic carbocycles. The van der Waals surface area contributed by atoms with Gasteiger partial charge in [-0.1, -0.05) is 36.8 Å². The van der Waals surface area contributed by atoms with Crippen molar-refractivity contribution >= 4 is 34.8 Å². The van der Waals surface area contributed by atoms with Crippen LogP contribution in [-0.4, -0.2) is 35.7 Å². The van der Waals surface area contributed by atoms with Crippen molar-refractivity contribution in [3.8, 4) is 0 Å². The van der Waals surface area contributed by atoms with Gasteiger partial charge in [0.25, 0.3) is 17.5 Å². The standard InChI is InChI=1S/C31H33N5O5/c32-18-20-5-4-6-21(15-20)19-33-30(38)24-11-14-27-26(16-24)34-29(37)17-28(22-7-2-1-3-8-22)35(27)31(39)23-9-12-25(13-10-23)36(40)41/h1-3,7-14,16,20-21,28H,4-6,15,17-19,32H2,(H,33,38)(H,34,37). The Balaban J connectivity index is 1.46. The number of hydrogen-bond donors (Lipinski definition) is 3. The molecule has 3 amide bonds. The van der Waals surface area contributed by atoms with Crippen molar-refractivity contribution in [2.24, 2.45) is 17.6 Å². The first kappa shape index (κ1) is 28.0. The maximum absolute atomic E-state index is 14.0. The number of non-ortho nitro benzene ring substituents is 1. The Hall–Kier alpha value is -4.57. The number of nitrogens with two attached hydrogens (primary N) is 1. The number of nitrogens with one attached hydrogen (secondary N) is 2. The summed E-state index contributed by atoms with van der Waals surface area (Å²) in [5, 5.41) is 17.1. The van der Waals surface area contributed by atoms with Gasteiger partial charge >= 0.3 is 0 Å². The van der Waals surface area contributed by atoms with Gasteiger partial charge < -0.3 is 16.4 Å². The van der Waals surface area contributed by atoms with E-state index >= 15 is 0 Å².